The molecule has 0 fully saturated rings. The van der Waals surface area contributed by atoms with Crippen LogP contribution in [0.5, 0.6) is 0 Å². The molecule has 0 N–H and O–H groups in total. The molecule has 0 spiro atoms. The summed E-state index contributed by atoms with van der Waals surface area (Å²) in [6, 6.07) is 6.88. The minimum atomic E-state index is -3.03. The lowest BCUT2D eigenvalue weighted by Crippen LogP contribution is -2.18. The third-order valence-electron chi connectivity index (χ3n) is 2.96. The normalized spacial score (nSPS) is 12.5. The summed E-state index contributed by atoms with van der Waals surface area (Å²) in [6.45, 7) is 1.67. The first-order chi connectivity index (χ1) is 9.79. The molecule has 1 aromatic carbocycles. The van der Waals surface area contributed by atoms with E-state index in [-0.39, 0.29) is 11.1 Å². The molecule has 0 radical (unpaired) electrons. The second-order valence-electron chi connectivity index (χ2n) is 4.64. The number of sulfone groups is 1. The summed E-state index contributed by atoms with van der Waals surface area (Å²) < 4.78 is 27.3. The zero-order chi connectivity index (χ0) is 16.0. The van der Waals surface area contributed by atoms with Crippen molar-refractivity contribution in [2.75, 3.05) is 19.1 Å². The van der Waals surface area contributed by atoms with Crippen LogP contribution in [-0.4, -0.2) is 38.8 Å². The fraction of sp³-hybridized carbons (Fsp3) is 0.429. The monoisotopic (exact) mass is 327 g/mol. The molecule has 5 nitrogen and oxygen atoms in total. The highest BCUT2D eigenvalue weighted by Gasteiger charge is 2.15. The van der Waals surface area contributed by atoms with Crippen molar-refractivity contribution in [1.82, 2.24) is 0 Å². The van der Waals surface area contributed by atoms with E-state index in [4.69, 9.17) is 5.26 Å². The summed E-state index contributed by atoms with van der Waals surface area (Å²) in [5, 5.41) is 8.55. The van der Waals surface area contributed by atoms with E-state index < -0.39 is 21.1 Å². The predicted octanol–water partition coefficient (Wildman–Crippen LogP) is 2.01. The molecular weight excluding hydrogens is 310 g/mol. The molecule has 1 rings (SSSR count). The highest BCUT2D eigenvalue weighted by Crippen LogP contribution is 2.19. The van der Waals surface area contributed by atoms with Gasteiger partial charge in [-0.15, -0.1) is 0 Å². The number of hydrogen-bond acceptors (Lipinski definition) is 6. The maximum atomic E-state index is 11.6. The molecule has 0 amide bonds. The van der Waals surface area contributed by atoms with Gasteiger partial charge in [-0.2, -0.15) is 17.0 Å². The number of benzene rings is 1. The largest absolute Gasteiger partial charge is 0.465 e. The van der Waals surface area contributed by atoms with E-state index in [1.807, 2.05) is 6.07 Å². The second kappa shape index (κ2) is 7.48. The Bertz CT molecular complexity index is 662. The average Bonchev–Trinajstić information content (AvgIpc) is 2.45. The summed E-state index contributed by atoms with van der Waals surface area (Å²) in [4.78, 5) is 11.6. The number of nitrogens with zero attached hydrogens (tertiary/aromatic N) is 1. The molecule has 1 atom stereocenters. The molecule has 0 aliphatic rings. The van der Waals surface area contributed by atoms with Crippen molar-refractivity contribution in [3.05, 3.63) is 34.9 Å². The maximum absolute atomic E-state index is 11.6. The van der Waals surface area contributed by atoms with Gasteiger partial charge in [0.1, 0.15) is 6.07 Å². The minimum absolute atomic E-state index is 0.231. The molecule has 0 bridgehead atoms. The number of thioether (sulfide) groups is 1. The molecule has 0 saturated heterocycles. The molecule has 7 heteroatoms. The molecule has 0 aliphatic heterocycles. The number of methoxy groups -OCH3 is 1. The van der Waals surface area contributed by atoms with E-state index in [0.717, 1.165) is 5.56 Å². The highest BCUT2D eigenvalue weighted by molar-refractivity contribution is 8.00. The Morgan fingerprint density at radius 2 is 2.14 bits per heavy atom. The van der Waals surface area contributed by atoms with E-state index in [9.17, 15) is 13.2 Å². The minimum Gasteiger partial charge on any atom is -0.465 e. The fourth-order valence-corrected chi connectivity index (χ4v) is 3.67. The number of esters is 1. The molecular formula is C14H17NO4S2. The van der Waals surface area contributed by atoms with E-state index in [1.165, 1.54) is 25.1 Å². The first kappa shape index (κ1) is 17.5. The van der Waals surface area contributed by atoms with Gasteiger partial charge in [-0.1, -0.05) is 6.07 Å². The molecule has 0 aromatic heterocycles. The molecule has 0 heterocycles. The van der Waals surface area contributed by atoms with Gasteiger partial charge in [0.25, 0.3) is 0 Å². The Kier molecular flexibility index (Phi) is 6.24. The lowest BCUT2D eigenvalue weighted by atomic mass is 10.1. The van der Waals surface area contributed by atoms with Crippen LogP contribution >= 0.6 is 11.8 Å². The topological polar surface area (TPSA) is 84.2 Å². The lowest BCUT2D eigenvalue weighted by Gasteiger charge is -2.09. The van der Waals surface area contributed by atoms with Crippen LogP contribution in [-0.2, 0) is 20.3 Å². The van der Waals surface area contributed by atoms with Crippen LogP contribution in [0.3, 0.4) is 0 Å². The van der Waals surface area contributed by atoms with Crippen molar-refractivity contribution in [2.45, 2.75) is 17.9 Å². The third kappa shape index (κ3) is 5.06. The lowest BCUT2D eigenvalue weighted by molar-refractivity contribution is 0.0600. The Balaban J connectivity index is 2.78. The Morgan fingerprint density at radius 1 is 1.48 bits per heavy atom. The molecule has 114 valence electrons. The van der Waals surface area contributed by atoms with Gasteiger partial charge in [-0.3, -0.25) is 0 Å². The van der Waals surface area contributed by atoms with Gasteiger partial charge in [-0.25, -0.2) is 13.2 Å². The van der Waals surface area contributed by atoms with E-state index >= 15 is 0 Å². The first-order valence-corrected chi connectivity index (χ1v) is 9.28. The van der Waals surface area contributed by atoms with Crippen molar-refractivity contribution < 1.29 is 17.9 Å². The van der Waals surface area contributed by atoms with Crippen LogP contribution in [0.15, 0.2) is 18.2 Å². The van der Waals surface area contributed by atoms with Gasteiger partial charge in [0.05, 0.1) is 23.5 Å². The third-order valence-corrected chi connectivity index (χ3v) is 6.07. The van der Waals surface area contributed by atoms with E-state index in [0.29, 0.717) is 11.5 Å². The van der Waals surface area contributed by atoms with Crippen LogP contribution in [0.25, 0.3) is 0 Å². The van der Waals surface area contributed by atoms with Gasteiger partial charge in [0.2, 0.25) is 0 Å². The van der Waals surface area contributed by atoms with Crippen molar-refractivity contribution >= 4 is 27.6 Å². The van der Waals surface area contributed by atoms with Gasteiger partial charge >= 0.3 is 5.97 Å². The van der Waals surface area contributed by atoms with Gasteiger partial charge in [0.15, 0.2) is 9.84 Å². The smallest absolute Gasteiger partial charge is 0.339 e. The molecule has 0 saturated carbocycles. The number of rotatable bonds is 6. The molecule has 1 unspecified atom stereocenters. The van der Waals surface area contributed by atoms with Crippen molar-refractivity contribution in [3.8, 4) is 6.07 Å². The predicted molar refractivity (Wildman–Crippen MR) is 83.0 cm³/mol. The zero-order valence-corrected chi connectivity index (χ0v) is 13.8. The van der Waals surface area contributed by atoms with Crippen molar-refractivity contribution in [1.29, 1.82) is 5.26 Å². The van der Waals surface area contributed by atoms with Crippen molar-refractivity contribution in [3.63, 3.8) is 0 Å². The zero-order valence-electron chi connectivity index (χ0n) is 12.1. The summed E-state index contributed by atoms with van der Waals surface area (Å²) in [6.07, 6.45) is 1.22. The highest BCUT2D eigenvalue weighted by atomic mass is 32.2. The molecule has 0 aliphatic carbocycles. The fourth-order valence-electron chi connectivity index (χ4n) is 1.52. The SMILES string of the molecule is COC(=O)c1cc(CSCC(C)S(C)(=O)=O)ccc1C#N. The van der Waals surface area contributed by atoms with Gasteiger partial charge in [-0.05, 0) is 24.6 Å². The van der Waals surface area contributed by atoms with Crippen LogP contribution in [0, 0.1) is 11.3 Å². The summed E-state index contributed by atoms with van der Waals surface area (Å²) in [5.41, 5.74) is 1.34. The number of carbonyl (C=O) groups excluding carboxylic acids is 1. The van der Waals surface area contributed by atoms with Gasteiger partial charge in [0, 0.05) is 17.8 Å². The quantitative estimate of drug-likeness (QED) is 0.743. The Morgan fingerprint density at radius 3 is 2.67 bits per heavy atom. The molecule has 1 aromatic rings. The Hall–Kier alpha value is -1.52. The number of hydrogen-bond donors (Lipinski definition) is 0. The van der Waals surface area contributed by atoms with Crippen LogP contribution in [0.2, 0.25) is 0 Å². The number of carbonyl (C=O) groups is 1. The van der Waals surface area contributed by atoms with Crippen molar-refractivity contribution in [2.24, 2.45) is 0 Å². The van der Waals surface area contributed by atoms with Gasteiger partial charge < -0.3 is 4.74 Å². The average molecular weight is 327 g/mol. The molecule has 21 heavy (non-hydrogen) atoms. The van der Waals surface area contributed by atoms with E-state index in [2.05, 4.69) is 4.74 Å². The Labute approximate surface area is 129 Å². The van der Waals surface area contributed by atoms with Crippen LogP contribution in [0.4, 0.5) is 0 Å². The summed E-state index contributed by atoms with van der Waals surface area (Å²) in [7, 11) is -1.77. The standard InChI is InChI=1S/C14H17NO4S2/c1-10(21(3,17)18)8-20-9-11-4-5-12(7-15)13(6-11)14(16)19-2/h4-6,10H,8-9H2,1-3H3. The number of ether oxygens (including phenoxy) is 1. The van der Waals surface area contributed by atoms with Crippen LogP contribution < -0.4 is 0 Å². The number of nitriles is 1. The first-order valence-electron chi connectivity index (χ1n) is 6.17. The maximum Gasteiger partial charge on any atom is 0.339 e. The summed E-state index contributed by atoms with van der Waals surface area (Å²) >= 11 is 1.47. The summed E-state index contributed by atoms with van der Waals surface area (Å²) in [5.74, 6) is 0.491. The van der Waals surface area contributed by atoms with Crippen LogP contribution in [0.1, 0.15) is 28.4 Å². The second-order valence-corrected chi connectivity index (χ2v) is 8.13. The van der Waals surface area contributed by atoms with E-state index in [1.54, 1.807) is 25.1 Å².